The predicted molar refractivity (Wildman–Crippen MR) is 110 cm³/mol. The number of hydrogen-bond acceptors (Lipinski definition) is 4. The van der Waals surface area contributed by atoms with Crippen molar-refractivity contribution >= 4 is 22.9 Å². The molecule has 0 spiro atoms. The summed E-state index contributed by atoms with van der Waals surface area (Å²) in [6.07, 6.45) is 2.08. The average molecular weight is 425 g/mol. The highest BCUT2D eigenvalue weighted by molar-refractivity contribution is 7.14. The fourth-order valence-corrected chi connectivity index (χ4v) is 3.76. The van der Waals surface area contributed by atoms with E-state index in [2.05, 4.69) is 15.3 Å². The lowest BCUT2D eigenvalue weighted by molar-refractivity contribution is -0.137. The van der Waals surface area contributed by atoms with Gasteiger partial charge in [0.2, 0.25) is 0 Å². The van der Waals surface area contributed by atoms with Crippen LogP contribution in [0.4, 0.5) is 18.9 Å². The lowest BCUT2D eigenvalue weighted by Crippen LogP contribution is -2.14. The molecule has 30 heavy (non-hydrogen) atoms. The molecule has 4 aromatic rings. The van der Waals surface area contributed by atoms with Crippen LogP contribution in [0.1, 0.15) is 15.9 Å². The van der Waals surface area contributed by atoms with E-state index in [4.69, 9.17) is 0 Å². The normalized spacial score (nSPS) is 11.3. The van der Waals surface area contributed by atoms with Crippen molar-refractivity contribution in [3.8, 4) is 21.6 Å². The van der Waals surface area contributed by atoms with Gasteiger partial charge in [0.05, 0.1) is 17.4 Å². The second kappa shape index (κ2) is 8.08. The number of carbonyl (C=O) groups excluding carboxylic acids is 1. The topological polar surface area (TPSA) is 54.9 Å². The Balaban J connectivity index is 1.55. The van der Waals surface area contributed by atoms with E-state index in [-0.39, 0.29) is 5.56 Å². The fourth-order valence-electron chi connectivity index (χ4n) is 2.86. The minimum Gasteiger partial charge on any atom is -0.321 e. The molecule has 3 heterocycles. The SMILES string of the molecule is O=C(Nc1cncc(-c2cc(-c3cccnc3)cs2)c1)c1cccc(C(F)(F)F)c1. The van der Waals surface area contributed by atoms with Crippen molar-refractivity contribution in [3.63, 3.8) is 0 Å². The number of pyridine rings is 2. The first-order chi connectivity index (χ1) is 14.4. The van der Waals surface area contributed by atoms with Crippen LogP contribution in [-0.2, 0) is 6.18 Å². The van der Waals surface area contributed by atoms with Gasteiger partial charge in [0.15, 0.2) is 0 Å². The van der Waals surface area contributed by atoms with Crippen LogP contribution in [0.15, 0.2) is 78.7 Å². The largest absolute Gasteiger partial charge is 0.416 e. The van der Waals surface area contributed by atoms with E-state index in [1.54, 1.807) is 24.7 Å². The number of alkyl halides is 3. The molecule has 0 fully saturated rings. The second-order valence-electron chi connectivity index (χ2n) is 6.44. The first-order valence-corrected chi connectivity index (χ1v) is 9.71. The van der Waals surface area contributed by atoms with E-state index in [0.29, 0.717) is 5.69 Å². The lowest BCUT2D eigenvalue weighted by Gasteiger charge is -2.09. The molecular formula is C22H14F3N3OS. The number of hydrogen-bond donors (Lipinski definition) is 1. The number of aromatic nitrogens is 2. The second-order valence-corrected chi connectivity index (χ2v) is 7.35. The third kappa shape index (κ3) is 4.38. The van der Waals surface area contributed by atoms with Crippen LogP contribution in [0.5, 0.6) is 0 Å². The third-order valence-corrected chi connectivity index (χ3v) is 5.31. The van der Waals surface area contributed by atoms with E-state index in [1.807, 2.05) is 23.6 Å². The number of carbonyl (C=O) groups is 1. The standard InChI is InChI=1S/C22H14F3N3OS/c23-22(24,25)18-5-1-3-14(7-18)21(29)28-19-8-16(11-27-12-19)20-9-17(13-30-20)15-4-2-6-26-10-15/h1-13H,(H,28,29). The minimum atomic E-state index is -4.51. The molecule has 4 rings (SSSR count). The molecule has 0 bridgehead atoms. The molecule has 1 N–H and O–H groups in total. The number of nitrogens with zero attached hydrogens (tertiary/aromatic N) is 2. The molecule has 1 aromatic carbocycles. The summed E-state index contributed by atoms with van der Waals surface area (Å²) in [5.74, 6) is -0.637. The van der Waals surface area contributed by atoms with Gasteiger partial charge in [0.1, 0.15) is 0 Å². The molecule has 0 saturated carbocycles. The maximum Gasteiger partial charge on any atom is 0.416 e. The summed E-state index contributed by atoms with van der Waals surface area (Å²) in [5, 5.41) is 4.61. The minimum absolute atomic E-state index is 0.0785. The summed E-state index contributed by atoms with van der Waals surface area (Å²) in [7, 11) is 0. The van der Waals surface area contributed by atoms with Gasteiger partial charge in [0.25, 0.3) is 5.91 Å². The van der Waals surface area contributed by atoms with Crippen LogP contribution in [0.2, 0.25) is 0 Å². The van der Waals surface area contributed by atoms with Gasteiger partial charge in [-0.3, -0.25) is 14.8 Å². The Morgan fingerprint density at radius 1 is 0.900 bits per heavy atom. The maximum atomic E-state index is 12.9. The molecule has 0 radical (unpaired) electrons. The van der Waals surface area contributed by atoms with Crippen molar-refractivity contribution in [1.29, 1.82) is 0 Å². The van der Waals surface area contributed by atoms with E-state index in [0.717, 1.165) is 33.7 Å². The molecule has 0 unspecified atom stereocenters. The van der Waals surface area contributed by atoms with Crippen molar-refractivity contribution in [2.24, 2.45) is 0 Å². The number of nitrogens with one attached hydrogen (secondary N) is 1. The van der Waals surface area contributed by atoms with Gasteiger partial charge in [-0.2, -0.15) is 13.2 Å². The molecule has 4 nitrogen and oxygen atoms in total. The van der Waals surface area contributed by atoms with E-state index in [9.17, 15) is 18.0 Å². The highest BCUT2D eigenvalue weighted by Crippen LogP contribution is 2.33. The fraction of sp³-hybridized carbons (Fsp3) is 0.0455. The van der Waals surface area contributed by atoms with Crippen LogP contribution < -0.4 is 5.32 Å². The Kier molecular flexibility index (Phi) is 5.33. The van der Waals surface area contributed by atoms with Crippen molar-refractivity contribution in [1.82, 2.24) is 9.97 Å². The quantitative estimate of drug-likeness (QED) is 0.427. The summed E-state index contributed by atoms with van der Waals surface area (Å²) in [6, 6.07) is 11.8. The molecule has 0 aliphatic rings. The number of anilines is 1. The summed E-state index contributed by atoms with van der Waals surface area (Å²) >= 11 is 1.52. The smallest absolute Gasteiger partial charge is 0.321 e. The third-order valence-electron chi connectivity index (χ3n) is 4.33. The Labute approximate surface area is 174 Å². The molecule has 0 aliphatic carbocycles. The van der Waals surface area contributed by atoms with Crippen LogP contribution >= 0.6 is 11.3 Å². The van der Waals surface area contributed by atoms with Crippen LogP contribution in [-0.4, -0.2) is 15.9 Å². The zero-order chi connectivity index (χ0) is 21.1. The zero-order valence-corrected chi connectivity index (χ0v) is 16.2. The highest BCUT2D eigenvalue weighted by atomic mass is 32.1. The molecule has 150 valence electrons. The van der Waals surface area contributed by atoms with Gasteiger partial charge < -0.3 is 5.32 Å². The summed E-state index contributed by atoms with van der Waals surface area (Å²) in [6.45, 7) is 0. The molecule has 3 aromatic heterocycles. The van der Waals surface area contributed by atoms with Gasteiger partial charge in [-0.05, 0) is 47.3 Å². The molecular weight excluding hydrogens is 411 g/mol. The first-order valence-electron chi connectivity index (χ1n) is 8.83. The number of benzene rings is 1. The molecule has 1 amide bonds. The molecule has 0 atom stereocenters. The van der Waals surface area contributed by atoms with Crippen molar-refractivity contribution in [3.05, 3.63) is 89.8 Å². The van der Waals surface area contributed by atoms with Gasteiger partial charge in [-0.25, -0.2) is 0 Å². The number of rotatable bonds is 4. The number of halogens is 3. The Bertz CT molecular complexity index is 1190. The van der Waals surface area contributed by atoms with E-state index < -0.39 is 17.6 Å². The molecule has 8 heteroatoms. The highest BCUT2D eigenvalue weighted by Gasteiger charge is 2.30. The maximum absolute atomic E-state index is 12.9. The van der Waals surface area contributed by atoms with Crippen molar-refractivity contribution < 1.29 is 18.0 Å². The lowest BCUT2D eigenvalue weighted by atomic mass is 10.1. The van der Waals surface area contributed by atoms with Crippen LogP contribution in [0, 0.1) is 0 Å². The van der Waals surface area contributed by atoms with Gasteiger partial charge in [-0.1, -0.05) is 12.1 Å². The number of thiophene rings is 1. The molecule has 0 aliphatic heterocycles. The summed E-state index contributed by atoms with van der Waals surface area (Å²) in [5.41, 5.74) is 2.24. The predicted octanol–water partition coefficient (Wildman–Crippen LogP) is 6.14. The Hall–Kier alpha value is -3.52. The summed E-state index contributed by atoms with van der Waals surface area (Å²) in [4.78, 5) is 21.6. The summed E-state index contributed by atoms with van der Waals surface area (Å²) < 4.78 is 38.6. The first kappa shape index (κ1) is 19.8. The van der Waals surface area contributed by atoms with Crippen molar-refractivity contribution in [2.45, 2.75) is 6.18 Å². The molecule has 0 saturated heterocycles. The Morgan fingerprint density at radius 3 is 2.50 bits per heavy atom. The zero-order valence-electron chi connectivity index (χ0n) is 15.4. The van der Waals surface area contributed by atoms with Gasteiger partial charge >= 0.3 is 6.18 Å². The van der Waals surface area contributed by atoms with Crippen LogP contribution in [0.3, 0.4) is 0 Å². The van der Waals surface area contributed by atoms with Gasteiger partial charge in [0, 0.05) is 40.2 Å². The Morgan fingerprint density at radius 2 is 1.73 bits per heavy atom. The van der Waals surface area contributed by atoms with Crippen LogP contribution in [0.25, 0.3) is 21.6 Å². The monoisotopic (exact) mass is 425 g/mol. The van der Waals surface area contributed by atoms with E-state index >= 15 is 0 Å². The van der Waals surface area contributed by atoms with Gasteiger partial charge in [-0.15, -0.1) is 11.3 Å². The average Bonchev–Trinajstić information content (AvgIpc) is 3.24. The van der Waals surface area contributed by atoms with Crippen molar-refractivity contribution in [2.75, 3.05) is 5.32 Å². The van der Waals surface area contributed by atoms with E-state index in [1.165, 1.54) is 29.7 Å². The number of amides is 1.